The summed E-state index contributed by atoms with van der Waals surface area (Å²) >= 11 is 0. The van der Waals surface area contributed by atoms with E-state index in [-0.39, 0.29) is 91.3 Å². The maximum absolute atomic E-state index is 13.1. The van der Waals surface area contributed by atoms with Gasteiger partial charge in [-0.3, -0.25) is 33.3 Å². The van der Waals surface area contributed by atoms with E-state index in [1.165, 1.54) is 39.8 Å². The van der Waals surface area contributed by atoms with E-state index in [0.29, 0.717) is 19.4 Å². The summed E-state index contributed by atoms with van der Waals surface area (Å²) in [5.41, 5.74) is 22.8. The van der Waals surface area contributed by atoms with Gasteiger partial charge >= 0.3 is 29.2 Å². The minimum atomic E-state index is -5.86. The number of hydrogen-bond acceptors (Lipinski definition) is 22. The van der Waals surface area contributed by atoms with Gasteiger partial charge in [-0.2, -0.15) is 8.62 Å². The Kier molecular flexibility index (Phi) is 29.3. The average Bonchev–Trinajstić information content (AvgIpc) is 1.60. The van der Waals surface area contributed by atoms with Crippen LogP contribution < -0.4 is 46.5 Å². The van der Waals surface area contributed by atoms with E-state index < -0.39 is 91.1 Å². The van der Waals surface area contributed by atoms with Crippen molar-refractivity contribution >= 4 is 52.6 Å². The van der Waals surface area contributed by atoms with Crippen LogP contribution in [-0.2, 0) is 66.2 Å². The SMILES string of the molecule is Cc1ccc2c(c1)C(C)(C)/C(=C\C=C\C1N(CCCOc3ccc(O)cc3)c3ccccc3C1(C)C)N2CCCCCC(=O)NCCNC(=O)c1cccc(OCC(N=[N+]=[N-])OCCOCC(=O)NCC#Cc2cn(C3CC(OCN=[N+]=[N-])C(COP(=O)(O)OP(=O)(O)OP(=O)(O)O)O3)c(=O)[nH]c2=O)c1. The summed E-state index contributed by atoms with van der Waals surface area (Å²) in [7, 11) is -17.2. The second kappa shape index (κ2) is 37.7. The predicted molar refractivity (Wildman–Crippen MR) is 381 cm³/mol. The van der Waals surface area contributed by atoms with Crippen molar-refractivity contribution in [2.45, 2.75) is 115 Å². The minimum absolute atomic E-state index is 0.0926. The van der Waals surface area contributed by atoms with E-state index in [4.69, 9.17) is 43.7 Å². The van der Waals surface area contributed by atoms with Crippen molar-refractivity contribution in [1.82, 2.24) is 25.5 Å². The molecule has 7 unspecified atom stereocenters. The van der Waals surface area contributed by atoms with Crippen LogP contribution in [0.15, 0.2) is 141 Å². The number of phosphoric acid groups is 3. The minimum Gasteiger partial charge on any atom is -0.508 e. The van der Waals surface area contributed by atoms with Gasteiger partial charge in [-0.1, -0.05) is 110 Å². The molecular weight excluding hydrogens is 1430 g/mol. The van der Waals surface area contributed by atoms with Gasteiger partial charge < -0.3 is 78.9 Å². The third kappa shape index (κ3) is 23.9. The van der Waals surface area contributed by atoms with Gasteiger partial charge in [0.25, 0.3) is 11.5 Å². The Labute approximate surface area is 603 Å². The summed E-state index contributed by atoms with van der Waals surface area (Å²) in [5, 5.41) is 24.6. The standard InChI is InChI=1S/C67H84N13O22P3/c1-45-23-28-54-52(37-45)67(4,5)58(21-12-20-57-66(2,3)51-18-8-9-19-53(51)79(57)33-14-34-95-49-26-24-48(81)25-27-49)78(54)32-10-6-7-22-59(82)71-30-31-72-63(84)46-15-11-17-50(38-46)97-43-61(75-77-69)96-36-35-94-42-60(83)70-29-13-16-47-40-80(65(86)74-64(47)85)62-39-55(98-44-73-76-68)56(100-62)41-99-104(90,91)102-105(92,93)101-103(87,88)89/h8-9,11-12,15,17-21,23-28,37-38,40,55-57,61-62,81H,6-7,10,14,22,29-36,39,41-44H2,1-5H3,(H,70,83)(H,71,82)(H,72,84)(H,90,91)(H,92,93)(H,74,85,86)(H2,87,88,89)/b20-12+,58-21+. The number of phosphoric ester groups is 1. The summed E-state index contributed by atoms with van der Waals surface area (Å²) in [6.07, 6.45) is 5.97. The Morgan fingerprint density at radius 3 is 2.35 bits per heavy atom. The van der Waals surface area contributed by atoms with Crippen LogP contribution >= 0.6 is 23.5 Å². The number of benzene rings is 4. The molecular formula is C67H84N13O22P3. The molecule has 3 amide bonds. The highest BCUT2D eigenvalue weighted by Gasteiger charge is 2.46. The van der Waals surface area contributed by atoms with Gasteiger partial charge in [0.2, 0.25) is 11.8 Å². The molecule has 0 aliphatic carbocycles. The number of carbonyl (C=O) groups is 3. The molecule has 38 heteroatoms. The number of anilines is 2. The van der Waals surface area contributed by atoms with Crippen molar-refractivity contribution in [1.29, 1.82) is 0 Å². The van der Waals surface area contributed by atoms with Crippen molar-refractivity contribution in [2.75, 3.05) is 88.9 Å². The van der Waals surface area contributed by atoms with Crippen LogP contribution in [0, 0.1) is 18.8 Å². The number of para-hydroxylation sites is 1. The third-order valence-electron chi connectivity index (χ3n) is 17.0. The molecule has 0 radical (unpaired) electrons. The average molecular weight is 1520 g/mol. The molecule has 105 heavy (non-hydrogen) atoms. The molecule has 4 heterocycles. The fraction of sp³-hybridized carbons (Fsp3) is 0.448. The number of aromatic nitrogens is 2. The van der Waals surface area contributed by atoms with Crippen LogP contribution in [0.3, 0.4) is 0 Å². The topological polar surface area (TPSA) is 482 Å². The number of aryl methyl sites for hydroxylation is 1. The first-order valence-corrected chi connectivity index (χ1v) is 37.7. The largest absolute Gasteiger partial charge is 0.508 e. The van der Waals surface area contributed by atoms with E-state index in [2.05, 4.69) is 166 Å². The molecule has 8 rings (SSSR count). The highest BCUT2D eigenvalue weighted by Crippen LogP contribution is 2.66. The van der Waals surface area contributed by atoms with Gasteiger partial charge in [-0.15, -0.1) is 0 Å². The number of amides is 3. The van der Waals surface area contributed by atoms with Crippen LogP contribution in [0.2, 0.25) is 0 Å². The first-order chi connectivity index (χ1) is 50.0. The van der Waals surface area contributed by atoms with Crippen LogP contribution in [0.4, 0.5) is 11.4 Å². The Hall–Kier alpha value is -9.12. The first kappa shape index (κ1) is 81.5. The first-order valence-electron chi connectivity index (χ1n) is 33.2. The van der Waals surface area contributed by atoms with Crippen LogP contribution in [0.1, 0.15) is 105 Å². The molecule has 1 saturated heterocycles. The Morgan fingerprint density at radius 1 is 0.819 bits per heavy atom. The van der Waals surface area contributed by atoms with Gasteiger partial charge in [-0.25, -0.2) is 18.5 Å². The number of unbranched alkanes of at least 4 members (excludes halogenated alkanes) is 2. The summed E-state index contributed by atoms with van der Waals surface area (Å²) < 4.78 is 81.8. The number of H-pyrrole nitrogens is 1. The Balaban J connectivity index is 0.718. The zero-order valence-electron chi connectivity index (χ0n) is 58.1. The number of phenolic OH excluding ortho intramolecular Hbond substituents is 1. The number of aromatic amines is 1. The summed E-state index contributed by atoms with van der Waals surface area (Å²) in [6, 6.07) is 28.4. The van der Waals surface area contributed by atoms with E-state index in [1.807, 2.05) is 4.98 Å². The molecule has 5 aromatic rings. The lowest BCUT2D eigenvalue weighted by Gasteiger charge is -2.32. The Morgan fingerprint density at radius 2 is 1.59 bits per heavy atom. The zero-order valence-corrected chi connectivity index (χ0v) is 60.8. The molecule has 35 nitrogen and oxygen atoms in total. The van der Waals surface area contributed by atoms with Gasteiger partial charge in [0.15, 0.2) is 6.23 Å². The van der Waals surface area contributed by atoms with Crippen LogP contribution in [-0.4, -0.2) is 156 Å². The number of phenols is 1. The van der Waals surface area contributed by atoms with Gasteiger partial charge in [-0.05, 0) is 109 Å². The lowest BCUT2D eigenvalue weighted by atomic mass is 9.80. The normalized spacial score (nSPS) is 18.8. The van der Waals surface area contributed by atoms with E-state index >= 15 is 0 Å². The molecule has 1 fully saturated rings. The molecule has 0 saturated carbocycles. The lowest BCUT2D eigenvalue weighted by Crippen LogP contribution is -2.40. The van der Waals surface area contributed by atoms with Gasteiger partial charge in [0.1, 0.15) is 55.1 Å². The van der Waals surface area contributed by atoms with Crippen molar-refractivity contribution < 1.29 is 94.3 Å². The number of nitrogens with zero attached hydrogens (tertiary/aromatic N) is 9. The lowest BCUT2D eigenvalue weighted by molar-refractivity contribution is -0.126. The number of carbonyl (C=O) groups excluding carboxylic acids is 3. The third-order valence-corrected chi connectivity index (χ3v) is 20.8. The Bertz CT molecular complexity index is 4390. The number of fused-ring (bicyclic) bond motifs is 2. The van der Waals surface area contributed by atoms with Crippen LogP contribution in [0.5, 0.6) is 17.2 Å². The number of azide groups is 2. The molecule has 0 spiro atoms. The second-order valence-electron chi connectivity index (χ2n) is 25.2. The number of hydrogen-bond donors (Lipinski definition) is 9. The van der Waals surface area contributed by atoms with Crippen LogP contribution in [0.25, 0.3) is 20.9 Å². The molecule has 3 aliphatic rings. The number of ether oxygens (including phenoxy) is 6. The number of allylic oxidation sites excluding steroid dienone is 3. The summed E-state index contributed by atoms with van der Waals surface area (Å²) in [6.45, 7) is 10.8. The quantitative estimate of drug-likeness (QED) is 0.00445. The number of aromatic hydroxyl groups is 1. The molecule has 1 aromatic heterocycles. The molecule has 564 valence electrons. The second-order valence-corrected chi connectivity index (χ2v) is 29.7. The summed E-state index contributed by atoms with van der Waals surface area (Å²) in [4.78, 5) is 113. The predicted octanol–water partition coefficient (Wildman–Crippen LogP) is 8.33. The highest BCUT2D eigenvalue weighted by molar-refractivity contribution is 7.66. The molecule has 4 aromatic carbocycles. The van der Waals surface area contributed by atoms with E-state index in [1.54, 1.807) is 42.5 Å². The van der Waals surface area contributed by atoms with Gasteiger partial charge in [0.05, 0.1) is 45.1 Å². The van der Waals surface area contributed by atoms with Crippen molar-refractivity contribution in [2.24, 2.45) is 10.2 Å². The smallest absolute Gasteiger partial charge is 0.490 e. The van der Waals surface area contributed by atoms with Crippen molar-refractivity contribution in [3.05, 3.63) is 191 Å². The van der Waals surface area contributed by atoms with Crippen molar-refractivity contribution in [3.8, 4) is 29.1 Å². The fourth-order valence-corrected chi connectivity index (χ4v) is 15.1. The number of nitrogens with one attached hydrogen (secondary N) is 4. The zero-order chi connectivity index (χ0) is 76.0. The molecule has 9 N–H and O–H groups in total. The highest BCUT2D eigenvalue weighted by atomic mass is 31.3. The van der Waals surface area contributed by atoms with E-state index in [9.17, 15) is 58.1 Å². The van der Waals surface area contributed by atoms with Gasteiger partial charge in [0, 0.05) is 88.5 Å². The monoisotopic (exact) mass is 1520 g/mol. The maximum Gasteiger partial charge on any atom is 0.490 e. The molecule has 3 aliphatic heterocycles. The maximum atomic E-state index is 13.1. The molecule has 0 bridgehead atoms. The van der Waals surface area contributed by atoms with Crippen molar-refractivity contribution in [3.63, 3.8) is 0 Å². The van der Waals surface area contributed by atoms with E-state index in [0.717, 1.165) is 48.9 Å². The number of rotatable bonds is 39. The fourth-order valence-electron chi connectivity index (χ4n) is 12.0. The summed E-state index contributed by atoms with van der Waals surface area (Å²) in [5.74, 6) is 5.04. The molecule has 7 atom stereocenters.